The summed E-state index contributed by atoms with van der Waals surface area (Å²) < 4.78 is 5.47. The first kappa shape index (κ1) is 13.8. The highest BCUT2D eigenvalue weighted by Crippen LogP contribution is 2.30. The standard InChI is InChI=1S/C14H26N2O2/c1-2-13-10-18-7-6-16(13)14(17)12-5-3-4-11(8-12)9-15/h11-13H,2-10,15H2,1H3. The van der Waals surface area contributed by atoms with Crippen LogP contribution in [0.25, 0.3) is 0 Å². The molecule has 0 bridgehead atoms. The highest BCUT2D eigenvalue weighted by Gasteiger charge is 2.33. The molecule has 4 heteroatoms. The number of hydrogen-bond donors (Lipinski definition) is 1. The van der Waals surface area contributed by atoms with E-state index >= 15 is 0 Å². The molecule has 18 heavy (non-hydrogen) atoms. The number of nitrogens with zero attached hydrogens (tertiary/aromatic N) is 1. The van der Waals surface area contributed by atoms with E-state index in [0.717, 1.165) is 38.8 Å². The van der Waals surface area contributed by atoms with E-state index in [1.165, 1.54) is 6.42 Å². The molecule has 2 aliphatic rings. The van der Waals surface area contributed by atoms with Crippen LogP contribution in [-0.4, -0.2) is 43.2 Å². The van der Waals surface area contributed by atoms with Crippen LogP contribution in [0.3, 0.4) is 0 Å². The number of rotatable bonds is 3. The van der Waals surface area contributed by atoms with Crippen molar-refractivity contribution in [1.29, 1.82) is 0 Å². The molecule has 1 heterocycles. The van der Waals surface area contributed by atoms with Crippen LogP contribution in [0.15, 0.2) is 0 Å². The molecule has 1 saturated heterocycles. The Hall–Kier alpha value is -0.610. The van der Waals surface area contributed by atoms with Gasteiger partial charge in [0, 0.05) is 12.5 Å². The molecular formula is C14H26N2O2. The fourth-order valence-electron chi connectivity index (χ4n) is 3.25. The third-order valence-electron chi connectivity index (χ3n) is 4.45. The van der Waals surface area contributed by atoms with E-state index < -0.39 is 0 Å². The van der Waals surface area contributed by atoms with Gasteiger partial charge in [0.1, 0.15) is 0 Å². The molecule has 104 valence electrons. The van der Waals surface area contributed by atoms with Crippen molar-refractivity contribution in [3.05, 3.63) is 0 Å². The summed E-state index contributed by atoms with van der Waals surface area (Å²) in [5.41, 5.74) is 5.75. The third kappa shape index (κ3) is 3.04. The number of carbonyl (C=O) groups is 1. The summed E-state index contributed by atoms with van der Waals surface area (Å²) in [7, 11) is 0. The molecule has 1 saturated carbocycles. The Morgan fingerprint density at radius 3 is 3.00 bits per heavy atom. The number of carbonyl (C=O) groups excluding carboxylic acids is 1. The molecule has 2 fully saturated rings. The first-order chi connectivity index (χ1) is 8.76. The van der Waals surface area contributed by atoms with Gasteiger partial charge in [0.05, 0.1) is 19.3 Å². The minimum atomic E-state index is 0.208. The van der Waals surface area contributed by atoms with Crippen molar-refractivity contribution in [2.24, 2.45) is 17.6 Å². The van der Waals surface area contributed by atoms with Gasteiger partial charge in [-0.2, -0.15) is 0 Å². The Morgan fingerprint density at radius 1 is 1.44 bits per heavy atom. The van der Waals surface area contributed by atoms with Gasteiger partial charge in [-0.3, -0.25) is 4.79 Å². The zero-order valence-corrected chi connectivity index (χ0v) is 11.4. The molecule has 0 radical (unpaired) electrons. The van der Waals surface area contributed by atoms with Crippen molar-refractivity contribution < 1.29 is 9.53 Å². The minimum absolute atomic E-state index is 0.208. The van der Waals surface area contributed by atoms with Crippen LogP contribution in [0.5, 0.6) is 0 Å². The van der Waals surface area contributed by atoms with E-state index in [2.05, 4.69) is 11.8 Å². The van der Waals surface area contributed by atoms with Crippen LogP contribution in [0.2, 0.25) is 0 Å². The minimum Gasteiger partial charge on any atom is -0.377 e. The number of ether oxygens (including phenoxy) is 1. The highest BCUT2D eigenvalue weighted by atomic mass is 16.5. The molecule has 3 atom stereocenters. The quantitative estimate of drug-likeness (QED) is 0.828. The average molecular weight is 254 g/mol. The van der Waals surface area contributed by atoms with Gasteiger partial charge in [0.25, 0.3) is 0 Å². The second kappa shape index (κ2) is 6.53. The molecule has 1 aliphatic carbocycles. The fraction of sp³-hybridized carbons (Fsp3) is 0.929. The SMILES string of the molecule is CCC1COCCN1C(=O)C1CCCC(CN)C1. The smallest absolute Gasteiger partial charge is 0.226 e. The average Bonchev–Trinajstić information content (AvgIpc) is 2.46. The zero-order valence-electron chi connectivity index (χ0n) is 11.4. The van der Waals surface area contributed by atoms with E-state index in [4.69, 9.17) is 10.5 Å². The van der Waals surface area contributed by atoms with Crippen molar-refractivity contribution in [2.75, 3.05) is 26.3 Å². The lowest BCUT2D eigenvalue weighted by Gasteiger charge is -2.39. The fourth-order valence-corrected chi connectivity index (χ4v) is 3.25. The number of amides is 1. The topological polar surface area (TPSA) is 55.6 Å². The summed E-state index contributed by atoms with van der Waals surface area (Å²) >= 11 is 0. The summed E-state index contributed by atoms with van der Waals surface area (Å²) in [5, 5.41) is 0. The summed E-state index contributed by atoms with van der Waals surface area (Å²) in [4.78, 5) is 14.7. The molecule has 2 N–H and O–H groups in total. The van der Waals surface area contributed by atoms with Crippen LogP contribution < -0.4 is 5.73 Å². The summed E-state index contributed by atoms with van der Waals surface area (Å²) in [6.45, 7) is 5.01. The van der Waals surface area contributed by atoms with Crippen molar-refractivity contribution in [2.45, 2.75) is 45.1 Å². The molecular weight excluding hydrogens is 228 g/mol. The first-order valence-electron chi connectivity index (χ1n) is 7.34. The van der Waals surface area contributed by atoms with Crippen LogP contribution in [0.1, 0.15) is 39.0 Å². The van der Waals surface area contributed by atoms with Gasteiger partial charge in [-0.25, -0.2) is 0 Å². The van der Waals surface area contributed by atoms with Gasteiger partial charge in [-0.1, -0.05) is 13.3 Å². The molecule has 0 aromatic rings. The molecule has 0 spiro atoms. The Kier molecular flexibility index (Phi) is 5.01. The van der Waals surface area contributed by atoms with Gasteiger partial charge >= 0.3 is 0 Å². The summed E-state index contributed by atoms with van der Waals surface area (Å²) in [5.74, 6) is 1.11. The van der Waals surface area contributed by atoms with Crippen molar-refractivity contribution >= 4 is 5.91 Å². The van der Waals surface area contributed by atoms with Gasteiger partial charge in [-0.05, 0) is 38.1 Å². The van der Waals surface area contributed by atoms with Crippen molar-refractivity contribution in [3.63, 3.8) is 0 Å². The maximum absolute atomic E-state index is 12.6. The van der Waals surface area contributed by atoms with Gasteiger partial charge in [-0.15, -0.1) is 0 Å². The zero-order chi connectivity index (χ0) is 13.0. The number of hydrogen-bond acceptors (Lipinski definition) is 3. The monoisotopic (exact) mass is 254 g/mol. The normalized spacial score (nSPS) is 33.4. The Labute approximate surface area is 110 Å². The molecule has 3 unspecified atom stereocenters. The summed E-state index contributed by atoms with van der Waals surface area (Å²) in [6.07, 6.45) is 5.37. The highest BCUT2D eigenvalue weighted by molar-refractivity contribution is 5.79. The molecule has 0 aromatic carbocycles. The predicted octanol–water partition coefficient (Wildman–Crippen LogP) is 1.39. The van der Waals surface area contributed by atoms with Crippen molar-refractivity contribution in [1.82, 2.24) is 4.90 Å². The van der Waals surface area contributed by atoms with Gasteiger partial charge in [0.15, 0.2) is 0 Å². The van der Waals surface area contributed by atoms with Crippen LogP contribution in [-0.2, 0) is 9.53 Å². The van der Waals surface area contributed by atoms with E-state index in [9.17, 15) is 4.79 Å². The Morgan fingerprint density at radius 2 is 2.28 bits per heavy atom. The van der Waals surface area contributed by atoms with E-state index in [0.29, 0.717) is 25.0 Å². The van der Waals surface area contributed by atoms with Crippen LogP contribution in [0.4, 0.5) is 0 Å². The largest absolute Gasteiger partial charge is 0.377 e. The van der Waals surface area contributed by atoms with Crippen LogP contribution in [0, 0.1) is 11.8 Å². The Bertz CT molecular complexity index is 283. The predicted molar refractivity (Wildman–Crippen MR) is 71.1 cm³/mol. The Balaban J connectivity index is 1.96. The molecule has 1 aliphatic heterocycles. The van der Waals surface area contributed by atoms with E-state index in [-0.39, 0.29) is 12.0 Å². The number of morpholine rings is 1. The maximum atomic E-state index is 12.6. The molecule has 4 nitrogen and oxygen atoms in total. The summed E-state index contributed by atoms with van der Waals surface area (Å²) in [6, 6.07) is 0.282. The lowest BCUT2D eigenvalue weighted by atomic mass is 9.80. The second-order valence-corrected chi connectivity index (χ2v) is 5.63. The molecule has 0 aromatic heterocycles. The lowest BCUT2D eigenvalue weighted by Crippen LogP contribution is -2.51. The van der Waals surface area contributed by atoms with E-state index in [1.54, 1.807) is 0 Å². The van der Waals surface area contributed by atoms with Gasteiger partial charge < -0.3 is 15.4 Å². The van der Waals surface area contributed by atoms with Crippen molar-refractivity contribution in [3.8, 4) is 0 Å². The first-order valence-corrected chi connectivity index (χ1v) is 7.34. The van der Waals surface area contributed by atoms with E-state index in [1.807, 2.05) is 0 Å². The van der Waals surface area contributed by atoms with Crippen LogP contribution >= 0.6 is 0 Å². The van der Waals surface area contributed by atoms with Gasteiger partial charge in [0.2, 0.25) is 5.91 Å². The lowest BCUT2D eigenvalue weighted by molar-refractivity contribution is -0.146. The number of nitrogens with two attached hydrogens (primary N) is 1. The molecule has 1 amide bonds. The second-order valence-electron chi connectivity index (χ2n) is 5.63. The third-order valence-corrected chi connectivity index (χ3v) is 4.45. The maximum Gasteiger partial charge on any atom is 0.226 e. The molecule has 2 rings (SSSR count).